The molecule has 0 saturated carbocycles. The minimum absolute atomic E-state index is 1.38. The number of furan rings is 1. The van der Waals surface area contributed by atoms with E-state index < -0.39 is 0 Å². The molecule has 0 aromatic carbocycles. The second-order valence-electron chi connectivity index (χ2n) is 6.80. The zero-order chi connectivity index (χ0) is 67.8. The molecule has 0 aliphatic heterocycles. The van der Waals surface area contributed by atoms with Gasteiger partial charge in [0.1, 0.15) is 12.5 Å². The van der Waals surface area contributed by atoms with Gasteiger partial charge < -0.3 is 28.3 Å². The number of imidazole rings is 2. The molecule has 0 unspecified atom stereocenters. The van der Waals surface area contributed by atoms with Crippen molar-refractivity contribution in [3.05, 3.63) is 182 Å². The molecule has 0 amide bonds. The van der Waals surface area contributed by atoms with Crippen molar-refractivity contribution >= 4 is 22.7 Å². The van der Waals surface area contributed by atoms with Crippen LogP contribution in [0.1, 0.15) is 249 Å². The van der Waals surface area contributed by atoms with E-state index in [1.54, 1.807) is 115 Å². The van der Waals surface area contributed by atoms with E-state index in [2.05, 4.69) is 63.6 Å². The van der Waals surface area contributed by atoms with E-state index in [0.29, 0.717) is 0 Å². The number of H-pyrrole nitrogens is 4. The maximum absolute atomic E-state index is 4.58. The van der Waals surface area contributed by atoms with E-state index in [0.717, 1.165) is 0 Å². The van der Waals surface area contributed by atoms with Crippen LogP contribution in [-0.4, -0.2) is 50.2 Å². The normalized spacial score (nSPS) is 5.78. The van der Waals surface area contributed by atoms with E-state index in [-0.39, 0.29) is 0 Å². The topological polar surface area (TPSA) is 180 Å². The summed E-state index contributed by atoms with van der Waals surface area (Å²) in [5.74, 6) is 0. The Labute approximate surface area is 515 Å². The first-order valence-corrected chi connectivity index (χ1v) is 32.7. The van der Waals surface area contributed by atoms with Crippen LogP contribution in [-0.2, 0) is 0 Å². The van der Waals surface area contributed by atoms with Gasteiger partial charge >= 0.3 is 0 Å². The maximum atomic E-state index is 4.58. The molecule has 486 valence electrons. The molecule has 0 aliphatic rings. The average molecular weight is 1190 g/mol. The summed E-state index contributed by atoms with van der Waals surface area (Å²) in [7, 11) is 0. The molecule has 15 heteroatoms. The van der Waals surface area contributed by atoms with Crippen LogP contribution in [0.2, 0.25) is 0 Å². The molecule has 9 aromatic heterocycles. The van der Waals surface area contributed by atoms with Crippen LogP contribution in [0.15, 0.2) is 196 Å². The Bertz CT molecular complexity index is 958. The van der Waals surface area contributed by atoms with Crippen LogP contribution in [0, 0.1) is 0 Å². The molecule has 9 aromatic rings. The summed E-state index contributed by atoms with van der Waals surface area (Å²) < 4.78 is 13.4. The van der Waals surface area contributed by atoms with Crippen LogP contribution in [0.4, 0.5) is 0 Å². The zero-order valence-electron chi connectivity index (χ0n) is 60.0. The second kappa shape index (κ2) is 259. The third kappa shape index (κ3) is 252. The van der Waals surface area contributed by atoms with Gasteiger partial charge in [-0.05, 0) is 47.2 Å². The van der Waals surface area contributed by atoms with Gasteiger partial charge in [-0.15, -0.1) is 11.3 Å². The number of rotatable bonds is 0. The number of aromatic nitrogens is 10. The molecule has 4 N–H and O–H groups in total. The number of nitrogens with one attached hydrogen (secondary N) is 4. The highest BCUT2D eigenvalue weighted by molar-refractivity contribution is 7.07. The van der Waals surface area contributed by atoms with Gasteiger partial charge in [-0.3, -0.25) is 10.1 Å². The lowest BCUT2D eigenvalue weighted by Crippen LogP contribution is -1.53. The number of hydrogen-bond donors (Lipinski definition) is 4. The Morgan fingerprint density at radius 1 is 0.284 bits per heavy atom. The van der Waals surface area contributed by atoms with Gasteiger partial charge in [0, 0.05) is 61.2 Å². The Hall–Kier alpha value is -6.06. The highest BCUT2D eigenvalue weighted by Crippen LogP contribution is 1.91. The van der Waals surface area contributed by atoms with Crippen LogP contribution in [0.25, 0.3) is 0 Å². The fourth-order valence-corrected chi connectivity index (χ4v) is 2.71. The van der Waals surface area contributed by atoms with Gasteiger partial charge in [0.15, 0.2) is 6.39 Å². The van der Waals surface area contributed by atoms with Gasteiger partial charge in [0.25, 0.3) is 0 Å². The monoisotopic (exact) mass is 1190 g/mol. The fourth-order valence-electron chi connectivity index (χ4n) is 1.90. The van der Waals surface area contributed by atoms with E-state index in [1.165, 1.54) is 18.9 Å². The fraction of sp³-hybridized carbons (Fsp3) is 0.545. The molecule has 81 heavy (non-hydrogen) atoms. The van der Waals surface area contributed by atoms with Gasteiger partial charge in [0.2, 0.25) is 0 Å². The average Bonchev–Trinajstić information content (AvgIpc) is 4.45. The molecule has 0 atom stereocenters. The van der Waals surface area contributed by atoms with Gasteiger partial charge in [0.05, 0.1) is 43.1 Å². The first kappa shape index (κ1) is 126. The van der Waals surface area contributed by atoms with E-state index >= 15 is 0 Å². The molecular weight excluding hydrogens is 1040 g/mol. The number of aromatic amines is 4. The third-order valence-electron chi connectivity index (χ3n) is 3.61. The molecule has 0 saturated heterocycles. The number of nitrogens with zero attached hydrogens (tertiary/aromatic N) is 6. The molecular formula is C66H142N10O3S2. The predicted octanol–water partition coefficient (Wildman–Crippen LogP) is 26.2. The molecule has 0 aliphatic carbocycles. The largest absolute Gasteiger partial charge is 0.473 e. The quantitative estimate of drug-likeness (QED) is 0.115. The minimum Gasteiger partial charge on any atom is -0.473 e. The summed E-state index contributed by atoms with van der Waals surface area (Å²) in [5.41, 5.74) is 1.79. The summed E-state index contributed by atoms with van der Waals surface area (Å²) in [6.07, 6.45) is 30.0. The molecule has 13 nitrogen and oxygen atoms in total. The Kier molecular flexibility index (Phi) is 405. The smallest absolute Gasteiger partial charge is 0.180 e. The van der Waals surface area contributed by atoms with E-state index in [9.17, 15) is 0 Å². The molecule has 9 heterocycles. The lowest BCUT2D eigenvalue weighted by Gasteiger charge is -1.50. The highest BCUT2D eigenvalue weighted by atomic mass is 32.1. The van der Waals surface area contributed by atoms with Crippen LogP contribution in [0.3, 0.4) is 0 Å². The second-order valence-corrected chi connectivity index (χ2v) is 8.37. The molecule has 0 bridgehead atoms. The van der Waals surface area contributed by atoms with Gasteiger partial charge in [-0.1, -0.05) is 267 Å². The number of oxazole rings is 1. The summed E-state index contributed by atoms with van der Waals surface area (Å²) >= 11 is 3.31. The Morgan fingerprint density at radius 2 is 0.704 bits per heavy atom. The predicted molar refractivity (Wildman–Crippen MR) is 379 cm³/mol. The summed E-state index contributed by atoms with van der Waals surface area (Å²) in [5, 5.41) is 15.6. The van der Waals surface area contributed by atoms with Crippen molar-refractivity contribution in [1.82, 2.24) is 50.2 Å². The highest BCUT2D eigenvalue weighted by Gasteiger charge is 1.62. The first-order chi connectivity index (χ1) is 40.5. The number of thiophene rings is 1. The van der Waals surface area contributed by atoms with Gasteiger partial charge in [-0.2, -0.15) is 16.4 Å². The lowest BCUT2D eigenvalue weighted by molar-refractivity contribution is 0.420. The maximum Gasteiger partial charge on any atom is 0.180 e. The van der Waals surface area contributed by atoms with Crippen LogP contribution in [0.5, 0.6) is 0 Å². The minimum atomic E-state index is 1.38. The van der Waals surface area contributed by atoms with Crippen LogP contribution >= 0.6 is 22.7 Å². The van der Waals surface area contributed by atoms with E-state index in [1.807, 2.05) is 320 Å². The van der Waals surface area contributed by atoms with Crippen molar-refractivity contribution in [1.29, 1.82) is 0 Å². The van der Waals surface area contributed by atoms with Crippen molar-refractivity contribution in [3.8, 4) is 0 Å². The molecule has 0 fully saturated rings. The Balaban J connectivity index is -0.0000000323. The van der Waals surface area contributed by atoms with Crippen molar-refractivity contribution in [2.24, 2.45) is 0 Å². The van der Waals surface area contributed by atoms with E-state index in [4.69, 9.17) is 0 Å². The van der Waals surface area contributed by atoms with Crippen LogP contribution < -0.4 is 0 Å². The molecule has 9 rings (SSSR count). The van der Waals surface area contributed by atoms with Crippen molar-refractivity contribution < 1.29 is 13.4 Å². The van der Waals surface area contributed by atoms with Crippen molar-refractivity contribution in [2.45, 2.75) is 249 Å². The third-order valence-corrected chi connectivity index (χ3v) is 4.76. The number of hydrogen-bond acceptors (Lipinski definition) is 11. The molecule has 0 radical (unpaired) electrons. The van der Waals surface area contributed by atoms with Crippen molar-refractivity contribution in [3.63, 3.8) is 0 Å². The Morgan fingerprint density at radius 3 is 0.802 bits per heavy atom. The summed E-state index contributed by atoms with van der Waals surface area (Å²) in [6.45, 7) is 72.0. The molecule has 0 spiro atoms. The number of thiazole rings is 1. The van der Waals surface area contributed by atoms with Gasteiger partial charge in [-0.25, -0.2) is 15.0 Å². The first-order valence-electron chi connectivity index (χ1n) is 30.8. The summed E-state index contributed by atoms with van der Waals surface area (Å²) in [4.78, 5) is 23.0. The standard InChI is InChI=1S/C4H5N.C4H4O.C4H4S.3C3H4N2.2C3H3NO.C3H3NS.18C2H6/c3*1-2-4-5-3-1;2*1-2-5-3-4-1;1-2-4-5-3-1;1-2-5-3-4-1;1-2-4-5-3-1;1-2-5-3-4-1;18*1-2/h1-5H;2*1-4H;3*1-3H,(H,4,5);3*1-3H;18*1-2H3. The lowest BCUT2D eigenvalue weighted by atomic mass is 10.7. The SMILES string of the molecule is CC.CC.CC.CC.CC.CC.CC.CC.CC.CC.CC.CC.CC.CC.CC.CC.CC.CC.c1c[nH]cn1.c1c[nH]cn1.c1cc[nH]c1.c1ccoc1.c1ccsc1.c1cn[nH]c1.c1cnoc1.c1cocn1.c1cscn1. The van der Waals surface area contributed by atoms with Crippen molar-refractivity contribution in [2.75, 3.05) is 0 Å². The zero-order valence-corrected chi connectivity index (χ0v) is 61.7. The summed E-state index contributed by atoms with van der Waals surface area (Å²) in [6, 6.07) is 15.1.